The summed E-state index contributed by atoms with van der Waals surface area (Å²) in [6.45, 7) is 0.102. The molecule has 2 aliphatic heterocycles. The number of aromatic nitrogens is 2. The van der Waals surface area contributed by atoms with Gasteiger partial charge >= 0.3 is 6.03 Å². The van der Waals surface area contributed by atoms with Crippen molar-refractivity contribution in [3.05, 3.63) is 86.5 Å². The van der Waals surface area contributed by atoms with Gasteiger partial charge in [0, 0.05) is 22.7 Å². The number of hydrogen-bond donors (Lipinski definition) is 2. The van der Waals surface area contributed by atoms with Crippen molar-refractivity contribution in [2.24, 2.45) is 0 Å². The van der Waals surface area contributed by atoms with Crippen LogP contribution in [0.3, 0.4) is 0 Å². The Bertz CT molecular complexity index is 1230. The van der Waals surface area contributed by atoms with E-state index in [0.717, 1.165) is 18.4 Å². The van der Waals surface area contributed by atoms with Gasteiger partial charge in [0.05, 0.1) is 17.4 Å². The third-order valence-corrected chi connectivity index (χ3v) is 6.30. The fourth-order valence-electron chi connectivity index (χ4n) is 4.47. The number of nitrogens with one attached hydrogen (secondary N) is 2. The molecule has 1 fully saturated rings. The fourth-order valence-corrected chi connectivity index (χ4v) is 4.69. The molecule has 2 bridgehead atoms. The molecule has 9 heteroatoms. The van der Waals surface area contributed by atoms with Gasteiger partial charge in [-0.1, -0.05) is 29.8 Å². The third kappa shape index (κ3) is 3.82. The maximum absolute atomic E-state index is 14.8. The molecule has 0 spiro atoms. The lowest BCUT2D eigenvalue weighted by molar-refractivity contribution is 0.177. The van der Waals surface area contributed by atoms with Crippen LogP contribution >= 0.6 is 11.6 Å². The van der Waals surface area contributed by atoms with E-state index in [4.69, 9.17) is 16.3 Å². The second-order valence-electron chi connectivity index (χ2n) is 7.96. The van der Waals surface area contributed by atoms with E-state index >= 15 is 0 Å². The molecule has 3 heterocycles. The molecular weight excluding hydrogens is 435 g/mol. The number of halogens is 2. The third-order valence-electron chi connectivity index (χ3n) is 5.94. The lowest BCUT2D eigenvalue weighted by atomic mass is 9.99. The Labute approximate surface area is 188 Å². The second kappa shape index (κ2) is 8.27. The molecule has 32 heavy (non-hydrogen) atoms. The standard InChI is InChI=1S/C23H20ClFN4O3/c24-17-11-19(18(25)9-14(17)12-32-16-4-2-1-3-5-16)26-23(31)29-15-6-7-20(29)22-13(8-15)10-21(30)27-28-22/h1-5,9-11,15,20H,6-8,12H2,(H,26,31)(H,27,30)/t15-,20+/m0/s1. The van der Waals surface area contributed by atoms with Gasteiger partial charge in [-0.3, -0.25) is 4.79 Å². The molecule has 2 atom stereocenters. The molecule has 0 saturated carbocycles. The molecule has 5 rings (SSSR count). The first-order chi connectivity index (χ1) is 15.5. The Morgan fingerprint density at radius 3 is 2.88 bits per heavy atom. The van der Waals surface area contributed by atoms with Gasteiger partial charge in [-0.25, -0.2) is 14.3 Å². The molecule has 7 nitrogen and oxygen atoms in total. The molecule has 0 radical (unpaired) electrons. The molecule has 2 N–H and O–H groups in total. The van der Waals surface area contributed by atoms with E-state index in [-0.39, 0.29) is 29.9 Å². The summed E-state index contributed by atoms with van der Waals surface area (Å²) in [5.74, 6) is 0.0544. The van der Waals surface area contributed by atoms with Crippen molar-refractivity contribution in [3.8, 4) is 5.75 Å². The average molecular weight is 455 g/mol. The molecular formula is C23H20ClFN4O3. The van der Waals surface area contributed by atoms with Crippen molar-refractivity contribution in [3.63, 3.8) is 0 Å². The van der Waals surface area contributed by atoms with Crippen LogP contribution in [-0.4, -0.2) is 27.2 Å². The van der Waals surface area contributed by atoms with E-state index in [1.807, 2.05) is 18.2 Å². The SMILES string of the molecule is O=C(Nc1cc(Cl)c(COc2ccccc2)cc1F)N1[C@H]2CC[C@@H]1c1n[nH]c(=O)cc1C2. The molecule has 0 aliphatic carbocycles. The molecule has 3 aromatic rings. The number of amides is 2. The Morgan fingerprint density at radius 1 is 1.25 bits per heavy atom. The van der Waals surface area contributed by atoms with Crippen LogP contribution < -0.4 is 15.6 Å². The van der Waals surface area contributed by atoms with Gasteiger partial charge in [-0.05, 0) is 49.1 Å². The van der Waals surface area contributed by atoms with Crippen LogP contribution in [0.1, 0.15) is 35.7 Å². The Morgan fingerprint density at radius 2 is 2.06 bits per heavy atom. The number of hydrogen-bond acceptors (Lipinski definition) is 4. The highest BCUT2D eigenvalue weighted by molar-refractivity contribution is 6.31. The lowest BCUT2D eigenvalue weighted by Crippen LogP contribution is -2.45. The van der Waals surface area contributed by atoms with Gasteiger partial charge < -0.3 is 15.0 Å². The highest BCUT2D eigenvalue weighted by atomic mass is 35.5. The van der Waals surface area contributed by atoms with Crippen LogP contribution in [-0.2, 0) is 13.0 Å². The number of ether oxygens (including phenoxy) is 1. The Balaban J connectivity index is 1.32. The van der Waals surface area contributed by atoms with Crippen molar-refractivity contribution in [1.29, 1.82) is 0 Å². The number of urea groups is 1. The van der Waals surface area contributed by atoms with Crippen molar-refractivity contribution < 1.29 is 13.9 Å². The van der Waals surface area contributed by atoms with Crippen LogP contribution in [0.5, 0.6) is 5.75 Å². The minimum absolute atomic E-state index is 0.00286. The van der Waals surface area contributed by atoms with E-state index in [1.165, 1.54) is 12.1 Å². The zero-order valence-corrected chi connectivity index (χ0v) is 17.7. The maximum Gasteiger partial charge on any atom is 0.322 e. The van der Waals surface area contributed by atoms with Crippen molar-refractivity contribution >= 4 is 23.3 Å². The summed E-state index contributed by atoms with van der Waals surface area (Å²) in [6, 6.07) is 12.6. The number of nitrogens with zero attached hydrogens (tertiary/aromatic N) is 2. The minimum Gasteiger partial charge on any atom is -0.489 e. The predicted molar refractivity (Wildman–Crippen MR) is 117 cm³/mol. The van der Waals surface area contributed by atoms with E-state index < -0.39 is 11.8 Å². The van der Waals surface area contributed by atoms with Gasteiger partial charge in [-0.2, -0.15) is 5.10 Å². The summed E-state index contributed by atoms with van der Waals surface area (Å²) in [7, 11) is 0. The molecule has 0 unspecified atom stereocenters. The average Bonchev–Trinajstić information content (AvgIpc) is 3.10. The molecule has 1 saturated heterocycles. The minimum atomic E-state index is -0.596. The summed E-state index contributed by atoms with van der Waals surface area (Å²) >= 11 is 6.33. The zero-order valence-electron chi connectivity index (χ0n) is 17.0. The van der Waals surface area contributed by atoms with Crippen molar-refractivity contribution in [2.75, 3.05) is 5.32 Å². The first kappa shape index (κ1) is 20.5. The van der Waals surface area contributed by atoms with E-state index in [2.05, 4.69) is 15.5 Å². The van der Waals surface area contributed by atoms with Crippen molar-refractivity contribution in [1.82, 2.24) is 15.1 Å². The van der Waals surface area contributed by atoms with Gasteiger partial charge in [0.2, 0.25) is 0 Å². The molecule has 2 aliphatic rings. The summed E-state index contributed by atoms with van der Waals surface area (Å²) in [4.78, 5) is 26.3. The van der Waals surface area contributed by atoms with Gasteiger partial charge in [0.25, 0.3) is 5.56 Å². The number of H-pyrrole nitrogens is 1. The number of anilines is 1. The van der Waals surface area contributed by atoms with Crippen LogP contribution in [0, 0.1) is 5.82 Å². The molecule has 2 amide bonds. The van der Waals surface area contributed by atoms with Gasteiger partial charge in [0.15, 0.2) is 0 Å². The highest BCUT2D eigenvalue weighted by Crippen LogP contribution is 2.42. The number of para-hydroxylation sites is 1. The number of carbonyl (C=O) groups excluding carboxylic acids is 1. The number of carbonyl (C=O) groups is 1. The second-order valence-corrected chi connectivity index (χ2v) is 8.36. The summed E-state index contributed by atoms with van der Waals surface area (Å²) in [5, 5.41) is 9.55. The largest absolute Gasteiger partial charge is 0.489 e. The maximum atomic E-state index is 14.8. The van der Waals surface area contributed by atoms with E-state index in [0.29, 0.717) is 28.5 Å². The van der Waals surface area contributed by atoms with Gasteiger partial charge in [-0.15, -0.1) is 0 Å². The topological polar surface area (TPSA) is 87.3 Å². The normalized spacial score (nSPS) is 18.9. The monoisotopic (exact) mass is 454 g/mol. The quantitative estimate of drug-likeness (QED) is 0.610. The molecule has 1 aromatic heterocycles. The number of fused-ring (bicyclic) bond motifs is 4. The number of aromatic amines is 1. The highest BCUT2D eigenvalue weighted by Gasteiger charge is 2.44. The van der Waals surface area contributed by atoms with Crippen LogP contribution in [0.4, 0.5) is 14.9 Å². The Hall–Kier alpha value is -3.39. The van der Waals surface area contributed by atoms with Gasteiger partial charge in [0.1, 0.15) is 18.2 Å². The summed E-state index contributed by atoms with van der Waals surface area (Å²) in [5.41, 5.74) is 1.78. The summed E-state index contributed by atoms with van der Waals surface area (Å²) < 4.78 is 20.4. The Kier molecular flexibility index (Phi) is 5.30. The first-order valence-electron chi connectivity index (χ1n) is 10.3. The predicted octanol–water partition coefficient (Wildman–Crippen LogP) is 4.44. The van der Waals surface area contributed by atoms with E-state index in [9.17, 15) is 14.0 Å². The first-order valence-corrected chi connectivity index (χ1v) is 10.7. The van der Waals surface area contributed by atoms with Crippen LogP contribution in [0.25, 0.3) is 0 Å². The zero-order chi connectivity index (χ0) is 22.2. The van der Waals surface area contributed by atoms with Crippen LogP contribution in [0.2, 0.25) is 5.02 Å². The molecule has 2 aromatic carbocycles. The number of benzene rings is 2. The lowest BCUT2D eigenvalue weighted by Gasteiger charge is -2.35. The van der Waals surface area contributed by atoms with Crippen LogP contribution in [0.15, 0.2) is 53.3 Å². The number of rotatable bonds is 4. The van der Waals surface area contributed by atoms with Crippen molar-refractivity contribution in [2.45, 2.75) is 38.0 Å². The van der Waals surface area contributed by atoms with E-state index in [1.54, 1.807) is 23.1 Å². The smallest absolute Gasteiger partial charge is 0.322 e. The molecule has 164 valence electrons. The summed E-state index contributed by atoms with van der Waals surface area (Å²) in [6.07, 6.45) is 2.08. The fraction of sp³-hybridized carbons (Fsp3) is 0.261.